The van der Waals surface area contributed by atoms with Gasteiger partial charge < -0.3 is 14.3 Å². The summed E-state index contributed by atoms with van der Waals surface area (Å²) >= 11 is 0. The van der Waals surface area contributed by atoms with Crippen LogP contribution in [0.3, 0.4) is 0 Å². The lowest BCUT2D eigenvalue weighted by atomic mass is 9.99. The predicted molar refractivity (Wildman–Crippen MR) is 130 cm³/mol. The largest absolute Gasteiger partial charge is 0.399 e. The molecule has 4 aromatic rings. The summed E-state index contributed by atoms with van der Waals surface area (Å²) in [4.78, 5) is 25.3. The molecule has 0 spiro atoms. The molecule has 1 saturated heterocycles. The average molecular weight is 439 g/mol. The second-order valence-electron chi connectivity index (χ2n) is 8.40. The van der Waals surface area contributed by atoms with Gasteiger partial charge in [0, 0.05) is 19.0 Å². The number of aromatic nitrogens is 2. The molecule has 6 nitrogen and oxygen atoms in total. The molecule has 33 heavy (non-hydrogen) atoms. The van der Waals surface area contributed by atoms with Crippen molar-refractivity contribution in [1.82, 2.24) is 14.5 Å². The van der Waals surface area contributed by atoms with Gasteiger partial charge >= 0.3 is 0 Å². The molecule has 166 valence electrons. The maximum Gasteiger partial charge on any atom is 0.254 e. The zero-order chi connectivity index (χ0) is 22.9. The maximum absolute atomic E-state index is 13.6. The van der Waals surface area contributed by atoms with Crippen molar-refractivity contribution in [3.8, 4) is 11.1 Å². The first-order valence-corrected chi connectivity index (χ1v) is 11.0. The summed E-state index contributed by atoms with van der Waals surface area (Å²) in [6.07, 6.45) is 0.595. The molecule has 0 saturated carbocycles. The predicted octanol–water partition coefficient (Wildman–Crippen LogP) is 5.14. The van der Waals surface area contributed by atoms with E-state index in [4.69, 9.17) is 9.82 Å². The van der Waals surface area contributed by atoms with Gasteiger partial charge in [0.05, 0.1) is 29.3 Å². The van der Waals surface area contributed by atoms with Crippen molar-refractivity contribution in [1.29, 1.82) is 0 Å². The normalized spacial score (nSPS) is 17.1. The molecule has 0 radical (unpaired) electrons. The van der Waals surface area contributed by atoms with Gasteiger partial charge in [0.1, 0.15) is 12.9 Å². The van der Waals surface area contributed by atoms with Gasteiger partial charge in [-0.3, -0.25) is 4.79 Å². The number of carbonyl (C=O) groups is 1. The zero-order valence-corrected chi connectivity index (χ0v) is 19.0. The number of benzene rings is 3. The lowest BCUT2D eigenvalue weighted by Crippen LogP contribution is -2.32. The summed E-state index contributed by atoms with van der Waals surface area (Å²) in [6, 6.07) is 23.9. The molecule has 1 amide bonds. The highest BCUT2D eigenvalue weighted by Gasteiger charge is 2.37. The van der Waals surface area contributed by atoms with Crippen molar-refractivity contribution >= 4 is 22.7 Å². The van der Waals surface area contributed by atoms with Crippen molar-refractivity contribution in [3.05, 3.63) is 89.7 Å². The third-order valence-electron chi connectivity index (χ3n) is 6.35. The van der Waals surface area contributed by atoms with E-state index in [-0.39, 0.29) is 11.9 Å². The quantitative estimate of drug-likeness (QED) is 0.415. The first kappa shape index (κ1) is 20.9. The van der Waals surface area contributed by atoms with Crippen LogP contribution in [0.1, 0.15) is 34.2 Å². The second kappa shape index (κ2) is 8.54. The summed E-state index contributed by atoms with van der Waals surface area (Å²) in [5.74, 6) is 0.812. The molecule has 1 aromatic heterocycles. The van der Waals surface area contributed by atoms with Gasteiger partial charge in [-0.05, 0) is 47.9 Å². The number of imidazole rings is 1. The summed E-state index contributed by atoms with van der Waals surface area (Å²) in [5, 5.41) is 4.16. The van der Waals surface area contributed by atoms with Crippen molar-refractivity contribution in [2.75, 3.05) is 13.7 Å². The smallest absolute Gasteiger partial charge is 0.254 e. The molecular weight excluding hydrogens is 412 g/mol. The number of nitrogens with zero attached hydrogens (tertiary/aromatic N) is 4. The molecule has 1 fully saturated rings. The molecule has 0 N–H and O–H groups in total. The Morgan fingerprint density at radius 1 is 1.03 bits per heavy atom. The molecule has 1 aliphatic heterocycles. The molecule has 6 heteroatoms. The van der Waals surface area contributed by atoms with Gasteiger partial charge in [-0.15, -0.1) is 0 Å². The maximum atomic E-state index is 13.6. The van der Waals surface area contributed by atoms with E-state index in [9.17, 15) is 4.79 Å². The van der Waals surface area contributed by atoms with Crippen molar-refractivity contribution in [3.63, 3.8) is 0 Å². The van der Waals surface area contributed by atoms with Crippen LogP contribution in [-0.4, -0.2) is 39.7 Å². The van der Waals surface area contributed by atoms with E-state index in [0.717, 1.165) is 28.1 Å². The van der Waals surface area contributed by atoms with Gasteiger partial charge in [-0.25, -0.2) is 4.98 Å². The molecule has 0 unspecified atom stereocenters. The van der Waals surface area contributed by atoms with Crippen LogP contribution in [0.2, 0.25) is 0 Å². The van der Waals surface area contributed by atoms with Crippen LogP contribution in [0.4, 0.5) is 0 Å². The summed E-state index contributed by atoms with van der Waals surface area (Å²) < 4.78 is 2.07. The van der Waals surface area contributed by atoms with Crippen LogP contribution in [-0.2, 0) is 11.9 Å². The van der Waals surface area contributed by atoms with Gasteiger partial charge in [-0.1, -0.05) is 53.7 Å². The number of hydrogen-bond acceptors (Lipinski definition) is 4. The summed E-state index contributed by atoms with van der Waals surface area (Å²) in [6.45, 7) is 2.51. The Hall–Kier alpha value is -3.93. The third kappa shape index (κ3) is 3.78. The number of hydrogen-bond donors (Lipinski definition) is 0. The summed E-state index contributed by atoms with van der Waals surface area (Å²) in [5.41, 5.74) is 6.92. The fraction of sp³-hybridized carbons (Fsp3) is 0.222. The molecule has 0 aliphatic carbocycles. The highest BCUT2D eigenvalue weighted by Crippen LogP contribution is 2.33. The third-order valence-corrected chi connectivity index (χ3v) is 6.35. The first-order chi connectivity index (χ1) is 16.1. The Bertz CT molecular complexity index is 1350. The van der Waals surface area contributed by atoms with Crippen molar-refractivity contribution in [2.45, 2.75) is 19.4 Å². The Kier molecular flexibility index (Phi) is 5.42. The topological polar surface area (TPSA) is 59.7 Å². The first-order valence-electron chi connectivity index (χ1n) is 11.0. The monoisotopic (exact) mass is 438 g/mol. The minimum absolute atomic E-state index is 0.0373. The lowest BCUT2D eigenvalue weighted by Gasteiger charge is -2.24. The average Bonchev–Trinajstić information content (AvgIpc) is 3.40. The fourth-order valence-electron chi connectivity index (χ4n) is 4.66. The van der Waals surface area contributed by atoms with Gasteiger partial charge in [0.25, 0.3) is 5.91 Å². The Morgan fingerprint density at radius 2 is 1.76 bits per heavy atom. The SMILES string of the molecule is CON=C1C[C@@H](c2nc3ccccc3n2C)N(C(=O)c2ccc(-c3ccccc3C)cc2)C1. The molecule has 1 atom stereocenters. The fourth-order valence-corrected chi connectivity index (χ4v) is 4.66. The second-order valence-corrected chi connectivity index (χ2v) is 8.40. The lowest BCUT2D eigenvalue weighted by molar-refractivity contribution is 0.0732. The molecular formula is C27H26N4O2. The number of likely N-dealkylation sites (tertiary alicyclic amines) is 1. The van der Waals surface area contributed by atoms with E-state index in [2.05, 4.69) is 28.8 Å². The van der Waals surface area contributed by atoms with E-state index < -0.39 is 0 Å². The van der Waals surface area contributed by atoms with E-state index in [1.807, 2.05) is 72.6 Å². The highest BCUT2D eigenvalue weighted by atomic mass is 16.6. The molecule has 1 aliphatic rings. The van der Waals surface area contributed by atoms with Gasteiger partial charge in [0.15, 0.2) is 0 Å². The van der Waals surface area contributed by atoms with E-state index in [0.29, 0.717) is 18.5 Å². The number of oxime groups is 1. The number of carbonyl (C=O) groups excluding carboxylic acids is 1. The molecule has 5 rings (SSSR count). The number of rotatable bonds is 4. The minimum atomic E-state index is -0.208. The highest BCUT2D eigenvalue weighted by molar-refractivity contribution is 6.01. The Labute approximate surface area is 193 Å². The standard InChI is InChI=1S/C27H26N4O2/c1-18-8-4-5-9-22(18)19-12-14-20(15-13-19)27(32)31-17-21(29-33-3)16-25(31)26-28-23-10-6-7-11-24(23)30(26)2/h4-15,25H,16-17H2,1-3H3/t25-/m0/s1. The van der Waals surface area contributed by atoms with Crippen LogP contribution in [0.15, 0.2) is 78.0 Å². The number of para-hydroxylation sites is 2. The van der Waals surface area contributed by atoms with Crippen LogP contribution in [0.5, 0.6) is 0 Å². The zero-order valence-electron chi connectivity index (χ0n) is 19.0. The van der Waals surface area contributed by atoms with Crippen molar-refractivity contribution < 1.29 is 9.63 Å². The van der Waals surface area contributed by atoms with Crippen LogP contribution >= 0.6 is 0 Å². The Balaban J connectivity index is 1.49. The number of amides is 1. The van der Waals surface area contributed by atoms with Gasteiger partial charge in [-0.2, -0.15) is 0 Å². The van der Waals surface area contributed by atoms with E-state index >= 15 is 0 Å². The Morgan fingerprint density at radius 3 is 2.48 bits per heavy atom. The summed E-state index contributed by atoms with van der Waals surface area (Å²) in [7, 11) is 3.53. The molecule has 0 bridgehead atoms. The van der Waals surface area contributed by atoms with Gasteiger partial charge in [0.2, 0.25) is 0 Å². The van der Waals surface area contributed by atoms with Crippen LogP contribution in [0, 0.1) is 6.92 Å². The van der Waals surface area contributed by atoms with Crippen molar-refractivity contribution in [2.24, 2.45) is 12.2 Å². The van der Waals surface area contributed by atoms with E-state index in [1.165, 1.54) is 18.2 Å². The molecule has 3 aromatic carbocycles. The number of fused-ring (bicyclic) bond motifs is 1. The van der Waals surface area contributed by atoms with Crippen LogP contribution in [0.25, 0.3) is 22.2 Å². The minimum Gasteiger partial charge on any atom is -0.399 e. The van der Waals surface area contributed by atoms with Crippen LogP contribution < -0.4 is 0 Å². The molecule has 2 heterocycles. The van der Waals surface area contributed by atoms with E-state index in [1.54, 1.807) is 0 Å². The number of aryl methyl sites for hydroxylation is 2.